The van der Waals surface area contributed by atoms with Crippen molar-refractivity contribution in [2.45, 2.75) is 39.7 Å². The first kappa shape index (κ1) is 13.4. The first-order valence-electron chi connectivity index (χ1n) is 5.78. The number of hydrogen-bond donors (Lipinski definition) is 0. The number of isocyanates is 1. The van der Waals surface area contributed by atoms with Gasteiger partial charge < -0.3 is 0 Å². The smallest absolute Gasteiger partial charge is 0.211 e. The van der Waals surface area contributed by atoms with E-state index in [-0.39, 0.29) is 0 Å². The Kier molecular flexibility index (Phi) is 4.42. The second kappa shape index (κ2) is 5.60. The van der Waals surface area contributed by atoms with Gasteiger partial charge in [-0.2, -0.15) is 4.99 Å². The molecule has 0 amide bonds. The summed E-state index contributed by atoms with van der Waals surface area (Å²) in [4.78, 5) is 14.6. The molecule has 2 nitrogen and oxygen atoms in total. The molecule has 2 heteroatoms. The Labute approximate surface area is 103 Å². The molecule has 17 heavy (non-hydrogen) atoms. The van der Waals surface area contributed by atoms with Crippen molar-refractivity contribution in [3.05, 3.63) is 47.0 Å². The number of allylic oxidation sites excluding steroid dienone is 1. The third-order valence-electron chi connectivity index (χ3n) is 2.93. The highest BCUT2D eigenvalue weighted by atomic mass is 16.1. The average Bonchev–Trinajstić information content (AvgIpc) is 2.27. The maximum absolute atomic E-state index is 10.6. The Bertz CT molecular complexity index is 466. The van der Waals surface area contributed by atoms with Crippen LogP contribution in [0.1, 0.15) is 38.3 Å². The lowest BCUT2D eigenvalue weighted by Gasteiger charge is -2.24. The number of carbonyl (C=O) groups excluding carboxylic acids is 1. The van der Waals surface area contributed by atoms with Crippen molar-refractivity contribution in [3.63, 3.8) is 0 Å². The van der Waals surface area contributed by atoms with Gasteiger partial charge in [-0.3, -0.25) is 0 Å². The highest BCUT2D eigenvalue weighted by Gasteiger charge is 2.26. The maximum Gasteiger partial charge on any atom is 0.235 e. The van der Waals surface area contributed by atoms with Gasteiger partial charge in [-0.1, -0.05) is 35.9 Å². The van der Waals surface area contributed by atoms with Crippen molar-refractivity contribution in [1.29, 1.82) is 0 Å². The van der Waals surface area contributed by atoms with Gasteiger partial charge in [0.25, 0.3) is 0 Å². The summed E-state index contributed by atoms with van der Waals surface area (Å²) in [6, 6.07) is 8.03. The molecular formula is C15H19NO. The first-order valence-corrected chi connectivity index (χ1v) is 5.78. The number of aryl methyl sites for hydroxylation is 1. The van der Waals surface area contributed by atoms with Crippen LogP contribution in [0.5, 0.6) is 0 Å². The topological polar surface area (TPSA) is 29.4 Å². The minimum atomic E-state index is -0.510. The molecule has 0 spiro atoms. The third-order valence-corrected chi connectivity index (χ3v) is 2.93. The summed E-state index contributed by atoms with van der Waals surface area (Å²) < 4.78 is 0. The van der Waals surface area contributed by atoms with E-state index < -0.39 is 5.54 Å². The van der Waals surface area contributed by atoms with E-state index in [1.807, 2.05) is 52.0 Å². The maximum atomic E-state index is 10.6. The SMILES string of the molecule is CC(C)=CCC(C)(N=C=O)c1ccccc1C. The van der Waals surface area contributed by atoms with E-state index in [1.54, 1.807) is 6.08 Å². The summed E-state index contributed by atoms with van der Waals surface area (Å²) in [6.07, 6.45) is 4.53. The molecule has 0 radical (unpaired) electrons. The van der Waals surface area contributed by atoms with Crippen LogP contribution in [0.25, 0.3) is 0 Å². The van der Waals surface area contributed by atoms with Crippen LogP contribution in [0.15, 0.2) is 40.9 Å². The minimum absolute atomic E-state index is 0.510. The van der Waals surface area contributed by atoms with Crippen LogP contribution in [0.4, 0.5) is 0 Å². The van der Waals surface area contributed by atoms with Crippen molar-refractivity contribution in [3.8, 4) is 0 Å². The molecule has 1 rings (SSSR count). The van der Waals surface area contributed by atoms with Crippen molar-refractivity contribution in [2.75, 3.05) is 0 Å². The molecule has 0 fully saturated rings. The zero-order valence-corrected chi connectivity index (χ0v) is 10.9. The Balaban J connectivity index is 3.21. The molecule has 0 bridgehead atoms. The highest BCUT2D eigenvalue weighted by Crippen LogP contribution is 2.32. The molecule has 0 saturated carbocycles. The highest BCUT2D eigenvalue weighted by molar-refractivity contribution is 5.40. The van der Waals surface area contributed by atoms with E-state index in [9.17, 15) is 4.79 Å². The normalized spacial score (nSPS) is 13.4. The van der Waals surface area contributed by atoms with E-state index in [2.05, 4.69) is 11.1 Å². The zero-order chi connectivity index (χ0) is 12.9. The molecule has 0 heterocycles. The lowest BCUT2D eigenvalue weighted by molar-refractivity contribution is 0.486. The predicted octanol–water partition coefficient (Wildman–Crippen LogP) is 3.90. The van der Waals surface area contributed by atoms with Crippen LogP contribution >= 0.6 is 0 Å². The predicted molar refractivity (Wildman–Crippen MR) is 70.7 cm³/mol. The minimum Gasteiger partial charge on any atom is -0.211 e. The molecule has 0 saturated heterocycles. The molecule has 1 aromatic rings. The lowest BCUT2D eigenvalue weighted by atomic mass is 9.86. The van der Waals surface area contributed by atoms with Crippen LogP contribution in [-0.2, 0) is 10.3 Å². The lowest BCUT2D eigenvalue weighted by Crippen LogP contribution is -2.19. The molecule has 0 aliphatic carbocycles. The Morgan fingerprint density at radius 3 is 2.59 bits per heavy atom. The van der Waals surface area contributed by atoms with Crippen molar-refractivity contribution >= 4 is 6.08 Å². The molecule has 0 aliphatic heterocycles. The van der Waals surface area contributed by atoms with E-state index in [4.69, 9.17) is 0 Å². The van der Waals surface area contributed by atoms with Crippen molar-refractivity contribution in [1.82, 2.24) is 0 Å². The van der Waals surface area contributed by atoms with Gasteiger partial charge >= 0.3 is 0 Å². The molecule has 0 aromatic heterocycles. The fourth-order valence-corrected chi connectivity index (χ4v) is 1.90. The molecule has 0 aliphatic rings. The van der Waals surface area contributed by atoms with Gasteiger partial charge in [-0.25, -0.2) is 4.79 Å². The van der Waals surface area contributed by atoms with Gasteiger partial charge in [-0.15, -0.1) is 0 Å². The zero-order valence-electron chi connectivity index (χ0n) is 10.9. The van der Waals surface area contributed by atoms with Crippen molar-refractivity contribution < 1.29 is 4.79 Å². The Hall–Kier alpha value is -1.66. The average molecular weight is 229 g/mol. The van der Waals surface area contributed by atoms with Crippen LogP contribution in [-0.4, -0.2) is 6.08 Å². The number of rotatable bonds is 4. The van der Waals surface area contributed by atoms with Crippen LogP contribution < -0.4 is 0 Å². The van der Waals surface area contributed by atoms with Gasteiger partial charge in [0.05, 0.1) is 5.54 Å². The molecule has 90 valence electrons. The number of aliphatic imine (C=N–C) groups is 1. The number of benzene rings is 1. The van der Waals surface area contributed by atoms with Gasteiger partial charge in [0.15, 0.2) is 0 Å². The molecular weight excluding hydrogens is 210 g/mol. The van der Waals surface area contributed by atoms with E-state index in [1.165, 1.54) is 5.57 Å². The Morgan fingerprint density at radius 2 is 2.06 bits per heavy atom. The van der Waals surface area contributed by atoms with Gasteiger partial charge in [0.2, 0.25) is 6.08 Å². The number of nitrogens with zero attached hydrogens (tertiary/aromatic N) is 1. The van der Waals surface area contributed by atoms with E-state index in [0.29, 0.717) is 0 Å². The standard InChI is InChI=1S/C15H19NO/c1-12(2)9-10-15(4,16-11-17)14-8-6-5-7-13(14)3/h5-9H,10H2,1-4H3. The molecule has 1 atom stereocenters. The second-order valence-electron chi connectivity index (χ2n) is 4.78. The van der Waals surface area contributed by atoms with Crippen LogP contribution in [0, 0.1) is 6.92 Å². The molecule has 0 N–H and O–H groups in total. The van der Waals surface area contributed by atoms with Crippen LogP contribution in [0.2, 0.25) is 0 Å². The first-order chi connectivity index (χ1) is 7.99. The number of hydrogen-bond acceptors (Lipinski definition) is 2. The molecule has 1 aromatic carbocycles. The fourth-order valence-electron chi connectivity index (χ4n) is 1.90. The van der Waals surface area contributed by atoms with E-state index >= 15 is 0 Å². The van der Waals surface area contributed by atoms with Gasteiger partial charge in [-0.05, 0) is 45.2 Å². The summed E-state index contributed by atoms with van der Waals surface area (Å²) in [5.74, 6) is 0. The van der Waals surface area contributed by atoms with Crippen LogP contribution in [0.3, 0.4) is 0 Å². The van der Waals surface area contributed by atoms with E-state index in [0.717, 1.165) is 17.5 Å². The largest absolute Gasteiger partial charge is 0.235 e. The summed E-state index contributed by atoms with van der Waals surface area (Å²) in [5.41, 5.74) is 2.95. The third kappa shape index (κ3) is 3.40. The summed E-state index contributed by atoms with van der Waals surface area (Å²) in [5, 5.41) is 0. The summed E-state index contributed by atoms with van der Waals surface area (Å²) in [7, 11) is 0. The summed E-state index contributed by atoms with van der Waals surface area (Å²) >= 11 is 0. The Morgan fingerprint density at radius 1 is 1.41 bits per heavy atom. The van der Waals surface area contributed by atoms with Gasteiger partial charge in [0, 0.05) is 0 Å². The quantitative estimate of drug-likeness (QED) is 0.437. The monoisotopic (exact) mass is 229 g/mol. The summed E-state index contributed by atoms with van der Waals surface area (Å²) in [6.45, 7) is 8.10. The van der Waals surface area contributed by atoms with Crippen molar-refractivity contribution in [2.24, 2.45) is 4.99 Å². The second-order valence-corrected chi connectivity index (χ2v) is 4.78. The fraction of sp³-hybridized carbons (Fsp3) is 0.400. The molecule has 1 unspecified atom stereocenters. The van der Waals surface area contributed by atoms with Gasteiger partial charge in [0.1, 0.15) is 0 Å².